The van der Waals surface area contributed by atoms with Gasteiger partial charge in [-0.25, -0.2) is 4.98 Å². The summed E-state index contributed by atoms with van der Waals surface area (Å²) < 4.78 is 5.23. The van der Waals surface area contributed by atoms with Gasteiger partial charge in [-0.3, -0.25) is 9.59 Å². The third-order valence-corrected chi connectivity index (χ3v) is 7.04. The van der Waals surface area contributed by atoms with Crippen molar-refractivity contribution in [1.29, 1.82) is 0 Å². The van der Waals surface area contributed by atoms with Crippen LogP contribution in [0.15, 0.2) is 39.7 Å². The number of thiophene rings is 2. The zero-order valence-corrected chi connectivity index (χ0v) is 16.9. The maximum absolute atomic E-state index is 12.5. The van der Waals surface area contributed by atoms with Crippen molar-refractivity contribution in [3.63, 3.8) is 0 Å². The molecule has 4 heterocycles. The molecular formula is C19H18N2O3S3. The van der Waals surface area contributed by atoms with Gasteiger partial charge in [-0.2, -0.15) is 11.3 Å². The Morgan fingerprint density at radius 1 is 1.22 bits per heavy atom. The number of thiazole rings is 1. The van der Waals surface area contributed by atoms with Crippen molar-refractivity contribution in [2.45, 2.75) is 25.3 Å². The van der Waals surface area contributed by atoms with E-state index in [9.17, 15) is 9.59 Å². The van der Waals surface area contributed by atoms with E-state index in [1.54, 1.807) is 22.7 Å². The summed E-state index contributed by atoms with van der Waals surface area (Å²) >= 11 is 4.78. The van der Waals surface area contributed by atoms with Crippen LogP contribution in [0.4, 0.5) is 0 Å². The number of ether oxygens (including phenoxy) is 1. The Labute approximate surface area is 169 Å². The van der Waals surface area contributed by atoms with Crippen LogP contribution in [-0.4, -0.2) is 34.9 Å². The Bertz CT molecular complexity index is 903. The highest BCUT2D eigenvalue weighted by Crippen LogP contribution is 2.34. The van der Waals surface area contributed by atoms with Crippen LogP contribution < -0.4 is 0 Å². The third kappa shape index (κ3) is 4.28. The lowest BCUT2D eigenvalue weighted by molar-refractivity contribution is -0.151. The molecule has 0 radical (unpaired) electrons. The summed E-state index contributed by atoms with van der Waals surface area (Å²) in [6.07, 6.45) is 2.03. The van der Waals surface area contributed by atoms with Crippen molar-refractivity contribution in [1.82, 2.24) is 9.88 Å². The van der Waals surface area contributed by atoms with Crippen molar-refractivity contribution in [3.8, 4) is 10.6 Å². The normalized spacial score (nSPS) is 16.6. The second-order valence-electron chi connectivity index (χ2n) is 6.25. The second-order valence-corrected chi connectivity index (χ2v) is 8.87. The van der Waals surface area contributed by atoms with Crippen LogP contribution in [0.5, 0.6) is 0 Å². The van der Waals surface area contributed by atoms with Gasteiger partial charge in [-0.15, -0.1) is 22.7 Å². The summed E-state index contributed by atoms with van der Waals surface area (Å²) in [6.45, 7) is 0.511. The number of likely N-dealkylation sites (tertiary alicyclic amines) is 1. The molecule has 0 bridgehead atoms. The first-order chi connectivity index (χ1) is 13.2. The number of carbonyl (C=O) groups excluding carboxylic acids is 2. The molecule has 1 aliphatic rings. The lowest BCUT2D eigenvalue weighted by Gasteiger charge is -2.23. The molecule has 1 unspecified atom stereocenters. The van der Waals surface area contributed by atoms with Gasteiger partial charge in [0.1, 0.15) is 5.01 Å². The summed E-state index contributed by atoms with van der Waals surface area (Å²) in [7, 11) is 0. The van der Waals surface area contributed by atoms with Crippen molar-refractivity contribution >= 4 is 45.9 Å². The van der Waals surface area contributed by atoms with Gasteiger partial charge >= 0.3 is 5.97 Å². The monoisotopic (exact) mass is 418 g/mol. The molecule has 0 spiro atoms. The van der Waals surface area contributed by atoms with Gasteiger partial charge in [0.25, 0.3) is 5.91 Å². The third-order valence-electron chi connectivity index (χ3n) is 4.45. The van der Waals surface area contributed by atoms with E-state index in [-0.39, 0.29) is 25.0 Å². The van der Waals surface area contributed by atoms with Gasteiger partial charge in [0.2, 0.25) is 0 Å². The number of aromatic nitrogens is 1. The predicted octanol–water partition coefficient (Wildman–Crippen LogP) is 4.38. The maximum atomic E-state index is 12.5. The molecule has 3 aromatic heterocycles. The van der Waals surface area contributed by atoms with E-state index in [2.05, 4.69) is 11.1 Å². The molecule has 1 aliphatic heterocycles. The molecule has 27 heavy (non-hydrogen) atoms. The van der Waals surface area contributed by atoms with Gasteiger partial charge < -0.3 is 9.64 Å². The Balaban J connectivity index is 1.29. The Morgan fingerprint density at radius 3 is 2.93 bits per heavy atom. The summed E-state index contributed by atoms with van der Waals surface area (Å²) in [5.74, 6) is -0.547. The largest absolute Gasteiger partial charge is 0.455 e. The lowest BCUT2D eigenvalue weighted by Crippen LogP contribution is -2.34. The van der Waals surface area contributed by atoms with E-state index < -0.39 is 5.97 Å². The molecular weight excluding hydrogens is 400 g/mol. The molecule has 0 N–H and O–H groups in total. The first kappa shape index (κ1) is 18.3. The predicted molar refractivity (Wildman–Crippen MR) is 108 cm³/mol. The Kier molecular flexibility index (Phi) is 5.66. The van der Waals surface area contributed by atoms with Gasteiger partial charge in [-0.05, 0) is 35.7 Å². The van der Waals surface area contributed by atoms with Crippen molar-refractivity contribution in [2.24, 2.45) is 0 Å². The van der Waals surface area contributed by atoms with E-state index in [0.717, 1.165) is 30.0 Å². The van der Waals surface area contributed by atoms with Gasteiger partial charge in [0.05, 0.1) is 18.2 Å². The smallest absolute Gasteiger partial charge is 0.312 e. The van der Waals surface area contributed by atoms with E-state index in [4.69, 9.17) is 4.74 Å². The SMILES string of the molecule is O=C(Cc1csc(-c2ccsc2)n1)OCC(=O)N1CCCC1c1cccs1. The van der Waals surface area contributed by atoms with E-state index in [0.29, 0.717) is 5.69 Å². The lowest BCUT2D eigenvalue weighted by atomic mass is 10.2. The van der Waals surface area contributed by atoms with Crippen molar-refractivity contribution in [2.75, 3.05) is 13.2 Å². The minimum Gasteiger partial charge on any atom is -0.455 e. The van der Waals surface area contributed by atoms with Crippen LogP contribution in [0, 0.1) is 0 Å². The van der Waals surface area contributed by atoms with Gasteiger partial charge in [-0.1, -0.05) is 6.07 Å². The van der Waals surface area contributed by atoms with Gasteiger partial charge in [0.15, 0.2) is 6.61 Å². The number of nitrogens with zero attached hydrogens (tertiary/aromatic N) is 2. The zero-order chi connectivity index (χ0) is 18.6. The van der Waals surface area contributed by atoms with Crippen molar-refractivity contribution < 1.29 is 14.3 Å². The number of amides is 1. The zero-order valence-electron chi connectivity index (χ0n) is 14.5. The highest BCUT2D eigenvalue weighted by Gasteiger charge is 2.31. The fourth-order valence-electron chi connectivity index (χ4n) is 3.17. The molecule has 0 aromatic carbocycles. The van der Waals surface area contributed by atoms with E-state index >= 15 is 0 Å². The summed E-state index contributed by atoms with van der Waals surface area (Å²) in [4.78, 5) is 32.1. The maximum Gasteiger partial charge on any atom is 0.312 e. The minimum atomic E-state index is -0.419. The topological polar surface area (TPSA) is 59.5 Å². The second kappa shape index (κ2) is 8.33. The summed E-state index contributed by atoms with van der Waals surface area (Å²) in [5, 5.41) is 8.81. The average molecular weight is 419 g/mol. The highest BCUT2D eigenvalue weighted by atomic mass is 32.1. The molecule has 0 aliphatic carbocycles. The van der Waals surface area contributed by atoms with E-state index in [1.807, 2.05) is 38.6 Å². The van der Waals surface area contributed by atoms with Crippen LogP contribution in [0.2, 0.25) is 0 Å². The minimum absolute atomic E-state index is 0.0856. The van der Waals surface area contributed by atoms with Crippen LogP contribution >= 0.6 is 34.0 Å². The number of rotatable bonds is 6. The number of hydrogen-bond donors (Lipinski definition) is 0. The van der Waals surface area contributed by atoms with Gasteiger partial charge in [0, 0.05) is 27.7 Å². The summed E-state index contributed by atoms with van der Waals surface area (Å²) in [6, 6.07) is 6.17. The van der Waals surface area contributed by atoms with Crippen LogP contribution in [0.3, 0.4) is 0 Å². The Hall–Kier alpha value is -2.03. The highest BCUT2D eigenvalue weighted by molar-refractivity contribution is 7.14. The molecule has 8 heteroatoms. The molecule has 3 aromatic rings. The molecule has 1 fully saturated rings. The molecule has 140 valence electrons. The van der Waals surface area contributed by atoms with Crippen LogP contribution in [0.1, 0.15) is 29.5 Å². The number of esters is 1. The molecule has 1 saturated heterocycles. The molecule has 1 amide bonds. The quantitative estimate of drug-likeness (QED) is 0.557. The molecule has 5 nitrogen and oxygen atoms in total. The number of carbonyl (C=O) groups is 2. The first-order valence-electron chi connectivity index (χ1n) is 8.66. The average Bonchev–Trinajstić information content (AvgIpc) is 3.46. The van der Waals surface area contributed by atoms with Crippen LogP contribution in [-0.2, 0) is 20.7 Å². The van der Waals surface area contributed by atoms with E-state index in [1.165, 1.54) is 16.2 Å². The molecule has 4 rings (SSSR count). The molecule has 0 saturated carbocycles. The van der Waals surface area contributed by atoms with Crippen molar-refractivity contribution in [3.05, 3.63) is 50.3 Å². The first-order valence-corrected chi connectivity index (χ1v) is 11.4. The summed E-state index contributed by atoms with van der Waals surface area (Å²) in [5.41, 5.74) is 1.74. The fraction of sp³-hybridized carbons (Fsp3) is 0.316. The Morgan fingerprint density at radius 2 is 2.15 bits per heavy atom. The number of hydrogen-bond acceptors (Lipinski definition) is 7. The standard InChI is InChI=1S/C19H18N2O3S3/c22-17(21-6-1-3-15(21)16-4-2-7-26-16)10-24-18(23)9-14-12-27-19(20-14)13-5-8-25-11-13/h2,4-5,7-8,11-12,15H,1,3,6,9-10H2. The molecule has 1 atom stereocenters. The van der Waals surface area contributed by atoms with Crippen LogP contribution in [0.25, 0.3) is 10.6 Å². The fourth-order valence-corrected chi connectivity index (χ4v) is 5.58.